The first-order valence-corrected chi connectivity index (χ1v) is 16.2. The number of halogens is 1. The summed E-state index contributed by atoms with van der Waals surface area (Å²) in [7, 11) is 1.59. The highest BCUT2D eigenvalue weighted by molar-refractivity contribution is 7.15. The van der Waals surface area contributed by atoms with Crippen LogP contribution in [0.4, 0.5) is 9.18 Å². The number of fused-ring (bicyclic) bond motifs is 3. The summed E-state index contributed by atoms with van der Waals surface area (Å²) >= 11 is 1.69. The molecule has 1 N–H and O–H groups in total. The van der Waals surface area contributed by atoms with E-state index in [2.05, 4.69) is 23.5 Å². The summed E-state index contributed by atoms with van der Waals surface area (Å²) in [5.74, 6) is 0.171. The number of carbonyl (C=O) groups is 1. The van der Waals surface area contributed by atoms with E-state index in [-0.39, 0.29) is 11.9 Å². The van der Waals surface area contributed by atoms with E-state index < -0.39 is 5.60 Å². The van der Waals surface area contributed by atoms with Crippen molar-refractivity contribution < 1.29 is 18.7 Å². The molecule has 2 aromatic carbocycles. The largest absolute Gasteiger partial charge is 0.496 e. The standard InChI is InChI=1S/C35H37FN4O3S/c1-35(2,3)43-34(41)40-15-13-20-16-21(8-9-22(20)19-40)31-25-7-5-6-24(25)30(26-11-10-23(36)17-28(26)42-4)32(39-31)33-38-27-12-14-37-18-29(27)44-33/h8-11,16-17,37H,5-7,12-15,18-19H2,1-4H3. The zero-order valence-electron chi connectivity index (χ0n) is 25.7. The molecule has 0 saturated heterocycles. The minimum absolute atomic E-state index is 0.274. The van der Waals surface area contributed by atoms with Gasteiger partial charge in [-0.05, 0) is 86.9 Å². The highest BCUT2D eigenvalue weighted by Gasteiger charge is 2.31. The maximum absolute atomic E-state index is 14.3. The Balaban J connectivity index is 1.35. The van der Waals surface area contributed by atoms with E-state index in [0.717, 1.165) is 89.5 Å². The highest BCUT2D eigenvalue weighted by atomic mass is 32.1. The number of nitrogens with one attached hydrogen (secondary N) is 1. The Morgan fingerprint density at radius 2 is 1.84 bits per heavy atom. The highest BCUT2D eigenvalue weighted by Crippen LogP contribution is 2.47. The smallest absolute Gasteiger partial charge is 0.410 e. The lowest BCUT2D eigenvalue weighted by molar-refractivity contribution is 0.0224. The Bertz CT molecular complexity index is 1750. The van der Waals surface area contributed by atoms with Gasteiger partial charge in [-0.25, -0.2) is 19.2 Å². The number of methoxy groups -OCH3 is 1. The van der Waals surface area contributed by atoms with Gasteiger partial charge in [0.05, 0.1) is 18.5 Å². The third-order valence-corrected chi connectivity index (χ3v) is 9.75. The van der Waals surface area contributed by atoms with Gasteiger partial charge in [0.25, 0.3) is 0 Å². The molecule has 0 saturated carbocycles. The predicted octanol–water partition coefficient (Wildman–Crippen LogP) is 7.11. The zero-order chi connectivity index (χ0) is 30.6. The van der Waals surface area contributed by atoms with Gasteiger partial charge in [0.2, 0.25) is 0 Å². The van der Waals surface area contributed by atoms with Crippen molar-refractivity contribution in [2.45, 2.75) is 71.6 Å². The maximum atomic E-state index is 14.3. The summed E-state index contributed by atoms with van der Waals surface area (Å²) in [4.78, 5) is 26.3. The summed E-state index contributed by atoms with van der Waals surface area (Å²) in [6.07, 6.45) is 4.24. The van der Waals surface area contributed by atoms with Crippen LogP contribution in [0.2, 0.25) is 0 Å². The van der Waals surface area contributed by atoms with Gasteiger partial charge < -0.3 is 19.7 Å². The number of rotatable bonds is 4. The summed E-state index contributed by atoms with van der Waals surface area (Å²) in [5.41, 5.74) is 10.2. The zero-order valence-corrected chi connectivity index (χ0v) is 26.5. The van der Waals surface area contributed by atoms with Crippen molar-refractivity contribution in [2.24, 2.45) is 0 Å². The van der Waals surface area contributed by atoms with Gasteiger partial charge in [-0.2, -0.15) is 0 Å². The van der Waals surface area contributed by atoms with Crippen molar-refractivity contribution in [3.63, 3.8) is 0 Å². The molecule has 7 rings (SSSR count). The van der Waals surface area contributed by atoms with Crippen molar-refractivity contribution in [1.82, 2.24) is 20.2 Å². The lowest BCUT2D eigenvalue weighted by Crippen LogP contribution is -2.39. The van der Waals surface area contributed by atoms with Gasteiger partial charge in [0.1, 0.15) is 27.9 Å². The van der Waals surface area contributed by atoms with Crippen LogP contribution in [-0.2, 0) is 43.5 Å². The second-order valence-electron chi connectivity index (χ2n) is 12.8. The molecular formula is C35H37FN4O3S. The Kier molecular flexibility index (Phi) is 7.41. The fraction of sp³-hybridized carbons (Fsp3) is 0.400. The minimum Gasteiger partial charge on any atom is -0.496 e. The summed E-state index contributed by atoms with van der Waals surface area (Å²) < 4.78 is 25.7. The van der Waals surface area contributed by atoms with E-state index in [4.69, 9.17) is 19.4 Å². The number of thiazole rings is 1. The summed E-state index contributed by atoms with van der Waals surface area (Å²) in [6.45, 7) is 8.55. The van der Waals surface area contributed by atoms with E-state index in [1.807, 2.05) is 26.8 Å². The number of pyridine rings is 1. The molecule has 2 aliphatic heterocycles. The minimum atomic E-state index is -0.526. The lowest BCUT2D eigenvalue weighted by Gasteiger charge is -2.31. The molecule has 44 heavy (non-hydrogen) atoms. The molecule has 1 amide bonds. The molecule has 0 spiro atoms. The van der Waals surface area contributed by atoms with E-state index in [1.165, 1.54) is 33.7 Å². The molecule has 0 atom stereocenters. The number of aromatic nitrogens is 2. The predicted molar refractivity (Wildman–Crippen MR) is 171 cm³/mol. The van der Waals surface area contributed by atoms with Crippen LogP contribution in [0.3, 0.4) is 0 Å². The monoisotopic (exact) mass is 612 g/mol. The topological polar surface area (TPSA) is 76.6 Å². The van der Waals surface area contributed by atoms with Crippen molar-refractivity contribution in [3.05, 3.63) is 75.0 Å². The van der Waals surface area contributed by atoms with Crippen LogP contribution in [-0.4, -0.2) is 46.8 Å². The van der Waals surface area contributed by atoms with Gasteiger partial charge in [0, 0.05) is 60.2 Å². The molecule has 0 fully saturated rings. The molecule has 1 aliphatic carbocycles. The Hall–Kier alpha value is -3.82. The normalized spacial score (nSPS) is 15.9. The van der Waals surface area contributed by atoms with Gasteiger partial charge in [-0.3, -0.25) is 0 Å². The number of carbonyl (C=O) groups excluding carboxylic acids is 1. The molecule has 3 aliphatic rings. The number of hydrogen-bond donors (Lipinski definition) is 1. The van der Waals surface area contributed by atoms with Crippen LogP contribution in [0.15, 0.2) is 36.4 Å². The van der Waals surface area contributed by atoms with Crippen LogP contribution >= 0.6 is 11.3 Å². The average molecular weight is 613 g/mol. The van der Waals surface area contributed by atoms with Crippen molar-refractivity contribution >= 4 is 17.4 Å². The maximum Gasteiger partial charge on any atom is 0.410 e. The van der Waals surface area contributed by atoms with Crippen LogP contribution in [0, 0.1) is 5.82 Å². The average Bonchev–Trinajstić information content (AvgIpc) is 3.67. The number of benzene rings is 2. The van der Waals surface area contributed by atoms with Crippen molar-refractivity contribution in [3.8, 4) is 38.8 Å². The quantitative estimate of drug-likeness (QED) is 0.265. The first-order valence-electron chi connectivity index (χ1n) is 15.4. The molecule has 0 bridgehead atoms. The molecule has 228 valence electrons. The van der Waals surface area contributed by atoms with E-state index in [0.29, 0.717) is 18.8 Å². The third-order valence-electron chi connectivity index (χ3n) is 8.65. The van der Waals surface area contributed by atoms with Gasteiger partial charge in [-0.1, -0.05) is 12.1 Å². The van der Waals surface area contributed by atoms with Crippen molar-refractivity contribution in [2.75, 3.05) is 20.2 Å². The molecule has 0 radical (unpaired) electrons. The molecular weight excluding hydrogens is 575 g/mol. The van der Waals surface area contributed by atoms with Crippen LogP contribution in [0.25, 0.3) is 33.1 Å². The second kappa shape index (κ2) is 11.3. The fourth-order valence-electron chi connectivity index (χ4n) is 6.62. The first-order chi connectivity index (χ1) is 21.2. The Morgan fingerprint density at radius 3 is 2.64 bits per heavy atom. The Labute approximate surface area is 261 Å². The molecule has 2 aromatic heterocycles. The third kappa shape index (κ3) is 5.37. The Morgan fingerprint density at radius 1 is 1.00 bits per heavy atom. The number of nitrogens with zero attached hydrogens (tertiary/aromatic N) is 3. The number of hydrogen-bond acceptors (Lipinski definition) is 7. The molecule has 0 unspecified atom stereocenters. The summed E-state index contributed by atoms with van der Waals surface area (Å²) in [5, 5.41) is 4.35. The van der Waals surface area contributed by atoms with Gasteiger partial charge in [-0.15, -0.1) is 11.3 Å². The van der Waals surface area contributed by atoms with E-state index >= 15 is 0 Å². The molecule has 4 aromatic rings. The molecule has 7 nitrogen and oxygen atoms in total. The lowest BCUT2D eigenvalue weighted by atomic mass is 9.90. The fourth-order valence-corrected chi connectivity index (χ4v) is 7.70. The SMILES string of the molecule is COc1cc(F)ccc1-c1c(-c2nc3c(s2)CNCC3)nc(-c2ccc3c(c2)CCN(C(=O)OC(C)(C)C)C3)c2c1CCC2. The van der Waals surface area contributed by atoms with E-state index in [9.17, 15) is 9.18 Å². The van der Waals surface area contributed by atoms with Crippen LogP contribution < -0.4 is 10.1 Å². The summed E-state index contributed by atoms with van der Waals surface area (Å²) in [6, 6.07) is 11.3. The number of amides is 1. The second-order valence-corrected chi connectivity index (χ2v) is 13.9. The van der Waals surface area contributed by atoms with Gasteiger partial charge >= 0.3 is 6.09 Å². The molecule has 4 heterocycles. The van der Waals surface area contributed by atoms with Gasteiger partial charge in [0.15, 0.2) is 0 Å². The molecule has 9 heteroatoms. The first kappa shape index (κ1) is 28.9. The van der Waals surface area contributed by atoms with Crippen molar-refractivity contribution in [1.29, 1.82) is 0 Å². The van der Waals surface area contributed by atoms with Crippen LogP contribution in [0.5, 0.6) is 5.75 Å². The van der Waals surface area contributed by atoms with Crippen LogP contribution in [0.1, 0.15) is 60.0 Å². The number of ether oxygens (including phenoxy) is 2. The van der Waals surface area contributed by atoms with E-state index in [1.54, 1.807) is 23.3 Å².